The first-order valence-corrected chi connectivity index (χ1v) is 31.0. The first-order valence-electron chi connectivity index (χ1n) is 27.6. The van der Waals surface area contributed by atoms with Gasteiger partial charge >= 0.3 is 479 Å². The monoisotopic (exact) mass is 1150 g/mol. The summed E-state index contributed by atoms with van der Waals surface area (Å²) in [5.74, 6) is 3.76. The summed E-state index contributed by atoms with van der Waals surface area (Å²) in [6.07, 6.45) is 0. The van der Waals surface area contributed by atoms with Crippen LogP contribution in [0.2, 0.25) is 0 Å². The van der Waals surface area contributed by atoms with Crippen molar-refractivity contribution in [2.75, 3.05) is 9.80 Å². The minimum absolute atomic E-state index is 0.0133. The fourth-order valence-corrected chi connectivity index (χ4v) is 17.4. The summed E-state index contributed by atoms with van der Waals surface area (Å²) in [7, 11) is 0. The van der Waals surface area contributed by atoms with E-state index in [1.54, 1.807) is 0 Å². The summed E-state index contributed by atoms with van der Waals surface area (Å²) in [5.41, 5.74) is 20.0. The zero-order valence-electron chi connectivity index (χ0n) is 47.0. The molecule has 4 heterocycles. The van der Waals surface area contributed by atoms with E-state index in [4.69, 9.17) is 9.47 Å². The summed E-state index contributed by atoms with van der Waals surface area (Å²) in [5, 5.41) is 0. The molecule has 8 heteroatoms. The van der Waals surface area contributed by atoms with Crippen LogP contribution in [0, 0.1) is 0 Å². The summed E-state index contributed by atoms with van der Waals surface area (Å²) in [6.45, 7) is 27.5. The molecular formula is C70H66B2N2O2Se2. The van der Waals surface area contributed by atoms with Crippen molar-refractivity contribution >= 4 is 128 Å². The molecule has 4 aliphatic heterocycles. The second-order valence-electron chi connectivity index (χ2n) is 25.8. The Morgan fingerprint density at radius 3 is 0.910 bits per heavy atom. The van der Waals surface area contributed by atoms with E-state index in [2.05, 4.69) is 275 Å². The molecule has 0 spiro atoms. The SMILES string of the molecule is CC(C)(C)c1ccc(N(c2ccc(C(C)(C)C)cc2)c2cc3c4c(c2)[Se]c2cc5c(cc2B4c2ccccc2O3)B2c3ccccc3Oc3cc(N(c4ccc(C(C)(C)C)cc4)c4ccc(C(C)(C)C)cc4)cc(c32)[Se]5)cc1. The van der Waals surface area contributed by atoms with Gasteiger partial charge in [0.05, 0.1) is 0 Å². The van der Waals surface area contributed by atoms with Gasteiger partial charge in [-0.3, -0.25) is 0 Å². The van der Waals surface area contributed by atoms with Crippen LogP contribution in [0.4, 0.5) is 34.1 Å². The maximum absolute atomic E-state index is 7.10. The van der Waals surface area contributed by atoms with Crippen molar-refractivity contribution < 1.29 is 9.47 Å². The van der Waals surface area contributed by atoms with Crippen LogP contribution in [0.1, 0.15) is 105 Å². The van der Waals surface area contributed by atoms with Gasteiger partial charge in [-0.1, -0.05) is 0 Å². The van der Waals surface area contributed by atoms with Crippen molar-refractivity contribution in [1.82, 2.24) is 0 Å². The average molecular weight is 1150 g/mol. The number of rotatable bonds is 6. The van der Waals surface area contributed by atoms with Crippen LogP contribution in [0.25, 0.3) is 0 Å². The predicted octanol–water partition coefficient (Wildman–Crippen LogP) is 11.0. The normalized spacial score (nSPS) is 13.9. The molecule has 0 aliphatic carbocycles. The van der Waals surface area contributed by atoms with Crippen molar-refractivity contribution in [3.05, 3.63) is 204 Å². The van der Waals surface area contributed by atoms with Gasteiger partial charge in [0.25, 0.3) is 0 Å². The van der Waals surface area contributed by atoms with Crippen LogP contribution in [0.5, 0.6) is 23.0 Å². The van der Waals surface area contributed by atoms with Gasteiger partial charge in [-0.25, -0.2) is 0 Å². The Kier molecular flexibility index (Phi) is 12.0. The third-order valence-electron chi connectivity index (χ3n) is 16.3. The minimum atomic E-state index is -0.0133. The molecule has 0 atom stereocenters. The molecular weight excluding hydrogens is 1080 g/mol. The Morgan fingerprint density at radius 1 is 0.295 bits per heavy atom. The number of hydrogen-bond acceptors (Lipinski definition) is 4. The number of benzene rings is 9. The Labute approximate surface area is 476 Å². The maximum atomic E-state index is 7.10. The summed E-state index contributed by atoms with van der Waals surface area (Å²) >= 11 is -0.0265. The Bertz CT molecular complexity index is 3480. The van der Waals surface area contributed by atoms with Gasteiger partial charge in [0.15, 0.2) is 0 Å². The van der Waals surface area contributed by atoms with E-state index in [9.17, 15) is 0 Å². The molecule has 0 bridgehead atoms. The predicted molar refractivity (Wildman–Crippen MR) is 336 cm³/mol. The second kappa shape index (κ2) is 18.5. The molecule has 0 saturated carbocycles. The number of para-hydroxylation sites is 2. The number of hydrogen-bond donors (Lipinski definition) is 0. The van der Waals surface area contributed by atoms with E-state index in [-0.39, 0.29) is 65.0 Å². The molecule has 9 aromatic rings. The molecule has 9 aromatic carbocycles. The van der Waals surface area contributed by atoms with Crippen LogP contribution in [0.3, 0.4) is 0 Å². The van der Waals surface area contributed by atoms with Gasteiger partial charge in [0.1, 0.15) is 0 Å². The number of fused-ring (bicyclic) bond motifs is 8. The Morgan fingerprint density at radius 2 is 0.603 bits per heavy atom. The van der Waals surface area contributed by atoms with Crippen molar-refractivity contribution in [2.24, 2.45) is 0 Å². The first-order chi connectivity index (χ1) is 37.2. The zero-order chi connectivity index (χ0) is 54.2. The fraction of sp³-hybridized carbons (Fsp3) is 0.229. The van der Waals surface area contributed by atoms with Crippen LogP contribution in [0.15, 0.2) is 182 Å². The van der Waals surface area contributed by atoms with Crippen LogP contribution in [-0.4, -0.2) is 43.3 Å². The van der Waals surface area contributed by atoms with E-state index in [0.717, 1.165) is 57.1 Å². The number of nitrogens with zero attached hydrogens (tertiary/aromatic N) is 2. The van der Waals surface area contributed by atoms with Crippen LogP contribution in [-0.2, 0) is 21.7 Å². The van der Waals surface area contributed by atoms with E-state index >= 15 is 0 Å². The van der Waals surface area contributed by atoms with Gasteiger partial charge in [0.2, 0.25) is 0 Å². The molecule has 0 aromatic heterocycles. The Hall–Kier alpha value is -6.65. The quantitative estimate of drug-likeness (QED) is 0.155. The molecule has 0 fully saturated rings. The molecule has 78 heavy (non-hydrogen) atoms. The molecule has 0 saturated heterocycles. The number of ether oxygens (including phenoxy) is 2. The van der Waals surface area contributed by atoms with Crippen molar-refractivity contribution in [3.63, 3.8) is 0 Å². The van der Waals surface area contributed by atoms with Crippen LogP contribution >= 0.6 is 0 Å². The second-order valence-corrected chi connectivity index (χ2v) is 30.4. The fourth-order valence-electron chi connectivity index (χ4n) is 12.0. The molecule has 0 N–H and O–H groups in total. The van der Waals surface area contributed by atoms with Crippen molar-refractivity contribution in [2.45, 2.75) is 105 Å². The van der Waals surface area contributed by atoms with Gasteiger partial charge in [0, 0.05) is 0 Å². The molecule has 4 aliphatic rings. The number of anilines is 6. The molecule has 386 valence electrons. The standard InChI is InChI=1S/C70H66B2N2O2Se2/c1-67(2,3)43-21-29-47(30-22-43)73(48-31-23-44(24-32-48)68(4,5)6)51-37-59-65-63(39-51)77-61-42-62-56(41-55(61)71(65)53-17-13-15-19-57(53)75-59)72-54-18-14-16-20-58(54)76-60-38-52(40-64(78-62)66(60)72)74(49-33-25-45(26-34-49)69(7,8)9)50-35-27-46(28-36-50)70(10,11)12/h13-42H,1-12H3. The van der Waals surface area contributed by atoms with Gasteiger partial charge in [-0.2, -0.15) is 0 Å². The zero-order valence-corrected chi connectivity index (χ0v) is 50.4. The summed E-state index contributed by atoms with van der Waals surface area (Å²) < 4.78 is 19.9. The van der Waals surface area contributed by atoms with Crippen LogP contribution < -0.4 is 69.9 Å². The third kappa shape index (κ3) is 8.85. The molecule has 0 amide bonds. The van der Waals surface area contributed by atoms with E-state index in [1.165, 1.54) is 72.9 Å². The Balaban J connectivity index is 0.965. The molecule has 0 unspecified atom stereocenters. The van der Waals surface area contributed by atoms with Crippen molar-refractivity contribution in [3.8, 4) is 23.0 Å². The topological polar surface area (TPSA) is 24.9 Å². The molecule has 4 nitrogen and oxygen atoms in total. The van der Waals surface area contributed by atoms with Gasteiger partial charge in [-0.05, 0) is 0 Å². The van der Waals surface area contributed by atoms with E-state index in [0.29, 0.717) is 0 Å². The van der Waals surface area contributed by atoms with Gasteiger partial charge < -0.3 is 0 Å². The average Bonchev–Trinajstić information content (AvgIpc) is 3.29. The summed E-state index contributed by atoms with van der Waals surface area (Å²) in [4.78, 5) is 4.87. The van der Waals surface area contributed by atoms with E-state index in [1.807, 2.05) is 0 Å². The van der Waals surface area contributed by atoms with Crippen molar-refractivity contribution in [1.29, 1.82) is 0 Å². The molecule has 13 rings (SSSR count). The van der Waals surface area contributed by atoms with Gasteiger partial charge in [-0.15, -0.1) is 0 Å². The molecule has 0 radical (unpaired) electrons. The summed E-state index contributed by atoms with van der Waals surface area (Å²) in [6, 6.07) is 69.2. The third-order valence-corrected chi connectivity index (χ3v) is 21.1. The first kappa shape index (κ1) is 50.8. The van der Waals surface area contributed by atoms with E-state index < -0.39 is 0 Å².